The number of thiophene rings is 1. The number of carbonyl (C=O) groups excluding carboxylic acids is 2. The molecule has 0 radical (unpaired) electrons. The molecule has 1 fully saturated rings. The van der Waals surface area contributed by atoms with Gasteiger partial charge in [-0.05, 0) is 49.3 Å². The van der Waals surface area contributed by atoms with E-state index in [9.17, 15) is 14.7 Å². The van der Waals surface area contributed by atoms with Gasteiger partial charge in [-0.1, -0.05) is 49.4 Å². The van der Waals surface area contributed by atoms with Crippen molar-refractivity contribution in [2.24, 2.45) is 5.92 Å². The largest absolute Gasteiger partial charge is 0.465 e. The van der Waals surface area contributed by atoms with E-state index in [-0.39, 0.29) is 23.8 Å². The lowest BCUT2D eigenvalue weighted by molar-refractivity contribution is -0.128. The van der Waals surface area contributed by atoms with Crippen LogP contribution in [0.15, 0.2) is 54.6 Å². The van der Waals surface area contributed by atoms with Crippen LogP contribution in [0.1, 0.15) is 59.1 Å². The summed E-state index contributed by atoms with van der Waals surface area (Å²) in [6.07, 6.45) is 8.58. The van der Waals surface area contributed by atoms with Gasteiger partial charge in [0.1, 0.15) is 4.88 Å². The third-order valence-corrected chi connectivity index (χ3v) is 7.41. The minimum atomic E-state index is -0.584. The maximum Gasteiger partial charge on any atom is 0.348 e. The lowest BCUT2D eigenvalue weighted by atomic mass is 9.99. The number of benzene rings is 1. The fraction of sp³-hybridized carbons (Fsp3) is 0.448. The van der Waals surface area contributed by atoms with Gasteiger partial charge in [0.15, 0.2) is 0 Å². The second-order valence-corrected chi connectivity index (χ2v) is 10.1. The van der Waals surface area contributed by atoms with Gasteiger partial charge >= 0.3 is 5.97 Å². The zero-order chi connectivity index (χ0) is 25.0. The average Bonchev–Trinajstić information content (AvgIpc) is 3.49. The lowest BCUT2D eigenvalue weighted by Gasteiger charge is -2.23. The second-order valence-electron chi connectivity index (χ2n) is 8.95. The summed E-state index contributed by atoms with van der Waals surface area (Å²) in [4.78, 5) is 27.6. The van der Waals surface area contributed by atoms with Crippen LogP contribution in [0.2, 0.25) is 0 Å². The molecule has 3 atom stereocenters. The standard InChI is InChI=1S/C29H35NO4S/c1-22(10-5-3-6-11-23-12-7-4-8-13-23)26(31)18-15-24-16-20-28(32)30(24)21-9-14-25-17-19-27(35-25)29(33)34-2/h4,7-8,12-13,15,17-19,22,24,26,31H,6,9-11,14,16,20-21H2,1-2H3/t22-,24?,26-/m1/s1. The highest BCUT2D eigenvalue weighted by Gasteiger charge is 2.28. The zero-order valence-corrected chi connectivity index (χ0v) is 21.4. The Morgan fingerprint density at radius 3 is 2.80 bits per heavy atom. The van der Waals surface area contributed by atoms with E-state index in [1.165, 1.54) is 24.0 Å². The molecule has 1 aliphatic rings. The number of aryl methyl sites for hydroxylation is 2. The number of amides is 1. The molecule has 186 valence electrons. The molecular weight excluding hydrogens is 458 g/mol. The van der Waals surface area contributed by atoms with Crippen molar-refractivity contribution >= 4 is 23.2 Å². The van der Waals surface area contributed by atoms with Crippen LogP contribution in [0, 0.1) is 17.8 Å². The van der Waals surface area contributed by atoms with Crippen LogP contribution < -0.4 is 0 Å². The number of ether oxygens (including phenoxy) is 1. The van der Waals surface area contributed by atoms with E-state index in [4.69, 9.17) is 4.74 Å². The highest BCUT2D eigenvalue weighted by Crippen LogP contribution is 2.23. The van der Waals surface area contributed by atoms with Gasteiger partial charge in [-0.3, -0.25) is 4.79 Å². The zero-order valence-electron chi connectivity index (χ0n) is 20.6. The number of carbonyl (C=O) groups is 2. The van der Waals surface area contributed by atoms with E-state index >= 15 is 0 Å². The van der Waals surface area contributed by atoms with Crippen LogP contribution in [0.3, 0.4) is 0 Å². The maximum atomic E-state index is 12.4. The number of hydrogen-bond donors (Lipinski definition) is 1. The van der Waals surface area contributed by atoms with Crippen LogP contribution in [0.25, 0.3) is 0 Å². The number of likely N-dealkylation sites (tertiary alicyclic amines) is 1. The summed E-state index contributed by atoms with van der Waals surface area (Å²) in [5, 5.41) is 10.6. The van der Waals surface area contributed by atoms with E-state index in [1.807, 2.05) is 48.2 Å². The summed E-state index contributed by atoms with van der Waals surface area (Å²) in [7, 11) is 1.38. The molecule has 1 aliphatic heterocycles. The third kappa shape index (κ3) is 8.38. The molecule has 1 amide bonds. The molecule has 35 heavy (non-hydrogen) atoms. The van der Waals surface area contributed by atoms with E-state index in [0.29, 0.717) is 24.3 Å². The van der Waals surface area contributed by atoms with Gasteiger partial charge < -0.3 is 14.7 Å². The highest BCUT2D eigenvalue weighted by atomic mass is 32.1. The predicted octanol–water partition coefficient (Wildman–Crippen LogP) is 5.04. The fourth-order valence-corrected chi connectivity index (χ4v) is 5.09. The van der Waals surface area contributed by atoms with Gasteiger partial charge in [-0.2, -0.15) is 0 Å². The summed E-state index contributed by atoms with van der Waals surface area (Å²) in [6, 6.07) is 14.1. The SMILES string of the molecule is COC(=O)c1ccc(CCCN2C(=O)CCC2C=C[C@@H](O)[C@H](C)CC#CCCc2ccccc2)s1. The normalized spacial score (nSPS) is 17.3. The first-order valence-electron chi connectivity index (χ1n) is 12.3. The summed E-state index contributed by atoms with van der Waals surface area (Å²) in [6.45, 7) is 2.67. The van der Waals surface area contributed by atoms with Crippen molar-refractivity contribution in [3.8, 4) is 11.8 Å². The molecule has 2 heterocycles. The molecule has 0 bridgehead atoms. The van der Waals surface area contributed by atoms with Crippen LogP contribution in [-0.4, -0.2) is 47.7 Å². The Kier molecular flexibility index (Phi) is 10.6. The molecule has 1 aromatic carbocycles. The topological polar surface area (TPSA) is 66.8 Å². The minimum Gasteiger partial charge on any atom is -0.465 e. The van der Waals surface area contributed by atoms with Crippen molar-refractivity contribution in [3.05, 3.63) is 69.9 Å². The molecule has 6 heteroatoms. The maximum absolute atomic E-state index is 12.4. The number of rotatable bonds is 11. The smallest absolute Gasteiger partial charge is 0.348 e. The molecule has 3 rings (SSSR count). The van der Waals surface area contributed by atoms with E-state index in [2.05, 4.69) is 24.0 Å². The van der Waals surface area contributed by atoms with Crippen LogP contribution >= 0.6 is 11.3 Å². The van der Waals surface area contributed by atoms with Crippen molar-refractivity contribution in [1.29, 1.82) is 0 Å². The first-order valence-corrected chi connectivity index (χ1v) is 13.1. The molecule has 1 saturated heterocycles. The monoisotopic (exact) mass is 493 g/mol. The molecule has 5 nitrogen and oxygen atoms in total. The lowest BCUT2D eigenvalue weighted by Crippen LogP contribution is -2.33. The summed E-state index contributed by atoms with van der Waals surface area (Å²) < 4.78 is 4.76. The van der Waals surface area contributed by atoms with Gasteiger partial charge in [0.05, 0.1) is 19.3 Å². The second kappa shape index (κ2) is 13.9. The van der Waals surface area contributed by atoms with Gasteiger partial charge in [0, 0.05) is 30.7 Å². The van der Waals surface area contributed by atoms with E-state index < -0.39 is 6.10 Å². The van der Waals surface area contributed by atoms with E-state index in [1.54, 1.807) is 6.07 Å². The number of esters is 1. The third-order valence-electron chi connectivity index (χ3n) is 6.29. The van der Waals surface area contributed by atoms with Gasteiger partial charge in [0.25, 0.3) is 0 Å². The van der Waals surface area contributed by atoms with Gasteiger partial charge in [-0.25, -0.2) is 4.79 Å². The first kappa shape index (κ1) is 26.7. The Hall–Kier alpha value is -2.88. The van der Waals surface area contributed by atoms with Gasteiger partial charge in [-0.15, -0.1) is 23.2 Å². The summed E-state index contributed by atoms with van der Waals surface area (Å²) in [5.74, 6) is 6.29. The Labute approximate surface area is 212 Å². The summed E-state index contributed by atoms with van der Waals surface area (Å²) in [5.41, 5.74) is 1.29. The molecule has 1 N–H and O–H groups in total. The predicted molar refractivity (Wildman–Crippen MR) is 140 cm³/mol. The Bertz CT molecular complexity index is 1050. The van der Waals surface area contributed by atoms with Crippen molar-refractivity contribution in [1.82, 2.24) is 4.90 Å². The van der Waals surface area contributed by atoms with Crippen LogP contribution in [0.4, 0.5) is 0 Å². The van der Waals surface area contributed by atoms with Crippen molar-refractivity contribution in [3.63, 3.8) is 0 Å². The molecule has 0 aliphatic carbocycles. The Morgan fingerprint density at radius 2 is 2.03 bits per heavy atom. The highest BCUT2D eigenvalue weighted by molar-refractivity contribution is 7.13. The number of methoxy groups -OCH3 is 1. The molecule has 0 spiro atoms. The van der Waals surface area contributed by atoms with Gasteiger partial charge in [0.2, 0.25) is 5.91 Å². The van der Waals surface area contributed by atoms with Crippen molar-refractivity contribution in [2.45, 2.75) is 64.0 Å². The quantitative estimate of drug-likeness (QED) is 0.271. The number of hydrogen-bond acceptors (Lipinski definition) is 5. The molecule has 1 unspecified atom stereocenters. The Morgan fingerprint density at radius 1 is 1.23 bits per heavy atom. The molecule has 1 aromatic heterocycles. The fourth-order valence-electron chi connectivity index (χ4n) is 4.12. The number of nitrogens with zero attached hydrogens (tertiary/aromatic N) is 1. The first-order chi connectivity index (χ1) is 17.0. The molecule has 2 aromatic rings. The average molecular weight is 494 g/mol. The number of aliphatic hydroxyl groups is 1. The van der Waals surface area contributed by atoms with Crippen molar-refractivity contribution in [2.75, 3.05) is 13.7 Å². The molecular formula is C29H35NO4S. The minimum absolute atomic E-state index is 0.0234. The van der Waals surface area contributed by atoms with Crippen LogP contribution in [-0.2, 0) is 22.4 Å². The Balaban J connectivity index is 1.41. The van der Waals surface area contributed by atoms with Crippen LogP contribution in [0.5, 0.6) is 0 Å². The van der Waals surface area contributed by atoms with E-state index in [0.717, 1.165) is 37.0 Å². The van der Waals surface area contributed by atoms with Crippen molar-refractivity contribution < 1.29 is 19.4 Å². The summed E-state index contributed by atoms with van der Waals surface area (Å²) >= 11 is 1.44. The molecule has 0 saturated carbocycles. The number of aliphatic hydroxyl groups excluding tert-OH is 1.